The number of likely N-dealkylation sites (tertiary alicyclic amines) is 1. The number of likely N-dealkylation sites (N-methyl/N-ethyl adjacent to an activating group) is 1. The van der Waals surface area contributed by atoms with Crippen molar-refractivity contribution in [2.24, 2.45) is 0 Å². The Bertz CT molecular complexity index is 496. The summed E-state index contributed by atoms with van der Waals surface area (Å²) in [4.78, 5) is 24.4. The third-order valence-corrected chi connectivity index (χ3v) is 3.38. The van der Waals surface area contributed by atoms with Crippen molar-refractivity contribution < 1.29 is 9.72 Å². The lowest BCUT2D eigenvalue weighted by Crippen LogP contribution is -2.40. The van der Waals surface area contributed by atoms with E-state index in [1.807, 2.05) is 7.05 Å². The first-order valence-electron chi connectivity index (χ1n) is 6.33. The minimum atomic E-state index is -0.480. The molecule has 1 atom stereocenters. The zero-order valence-electron chi connectivity index (χ0n) is 11.2. The van der Waals surface area contributed by atoms with Crippen LogP contribution < -0.4 is 5.32 Å². The lowest BCUT2D eigenvalue weighted by atomic mass is 10.1. The van der Waals surface area contributed by atoms with Crippen LogP contribution in [0.2, 0.25) is 0 Å². The molecular formula is C13H18ClN3O3. The number of benzene rings is 1. The molecule has 1 fully saturated rings. The second-order valence-corrected chi connectivity index (χ2v) is 4.66. The van der Waals surface area contributed by atoms with Crippen LogP contribution in [0.25, 0.3) is 0 Å². The van der Waals surface area contributed by atoms with E-state index in [1.165, 1.54) is 12.1 Å². The zero-order valence-corrected chi connectivity index (χ0v) is 12.1. The molecule has 7 heteroatoms. The molecule has 0 bridgehead atoms. The Hall–Kier alpha value is -1.66. The van der Waals surface area contributed by atoms with E-state index < -0.39 is 4.92 Å². The zero-order chi connectivity index (χ0) is 13.8. The van der Waals surface area contributed by atoms with Gasteiger partial charge in [-0.3, -0.25) is 14.9 Å². The minimum absolute atomic E-state index is 0. The molecule has 1 aromatic carbocycles. The Balaban J connectivity index is 0.00000200. The van der Waals surface area contributed by atoms with E-state index in [-0.39, 0.29) is 30.0 Å². The first kappa shape index (κ1) is 16.4. The average molecular weight is 300 g/mol. The van der Waals surface area contributed by atoms with Crippen LogP contribution in [0.4, 0.5) is 5.69 Å². The fourth-order valence-electron chi connectivity index (χ4n) is 2.47. The van der Waals surface area contributed by atoms with Crippen molar-refractivity contribution in [1.82, 2.24) is 10.2 Å². The van der Waals surface area contributed by atoms with Crippen molar-refractivity contribution in [2.75, 3.05) is 20.1 Å². The first-order valence-corrected chi connectivity index (χ1v) is 6.33. The maximum Gasteiger partial charge on any atom is 0.270 e. The van der Waals surface area contributed by atoms with E-state index in [0.717, 1.165) is 19.4 Å². The predicted molar refractivity (Wildman–Crippen MR) is 78.3 cm³/mol. The number of nitrogens with zero attached hydrogens (tertiary/aromatic N) is 2. The Kier molecular flexibility index (Phi) is 5.91. The quantitative estimate of drug-likeness (QED) is 0.680. The van der Waals surface area contributed by atoms with Crippen molar-refractivity contribution in [2.45, 2.75) is 18.9 Å². The number of non-ortho nitro benzene ring substituents is 1. The second kappa shape index (κ2) is 7.21. The summed E-state index contributed by atoms with van der Waals surface area (Å²) >= 11 is 0. The highest BCUT2D eigenvalue weighted by Gasteiger charge is 2.29. The number of carbonyl (C=O) groups excluding carboxylic acids is 1. The third-order valence-electron chi connectivity index (χ3n) is 3.38. The van der Waals surface area contributed by atoms with Gasteiger partial charge in [-0.15, -0.1) is 12.4 Å². The molecule has 20 heavy (non-hydrogen) atoms. The SMILES string of the molecule is CNCC1CCCN1C(=O)c1cccc([N+](=O)[O-])c1.Cl. The summed E-state index contributed by atoms with van der Waals surface area (Å²) in [6.45, 7) is 1.47. The Labute approximate surface area is 123 Å². The van der Waals surface area contributed by atoms with Gasteiger partial charge in [-0.05, 0) is 26.0 Å². The molecule has 6 nitrogen and oxygen atoms in total. The van der Waals surface area contributed by atoms with Crippen molar-refractivity contribution in [3.8, 4) is 0 Å². The van der Waals surface area contributed by atoms with Gasteiger partial charge in [0.25, 0.3) is 11.6 Å². The van der Waals surface area contributed by atoms with Gasteiger partial charge in [-0.25, -0.2) is 0 Å². The van der Waals surface area contributed by atoms with Crippen LogP contribution >= 0.6 is 12.4 Å². The third kappa shape index (κ3) is 3.46. The molecule has 0 aliphatic carbocycles. The van der Waals surface area contributed by atoms with Gasteiger partial charge in [0, 0.05) is 36.8 Å². The summed E-state index contributed by atoms with van der Waals surface area (Å²) in [7, 11) is 1.86. The molecule has 0 spiro atoms. The van der Waals surface area contributed by atoms with Crippen molar-refractivity contribution in [3.05, 3.63) is 39.9 Å². The molecule has 1 aliphatic rings. The highest BCUT2D eigenvalue weighted by Crippen LogP contribution is 2.21. The molecule has 1 aliphatic heterocycles. The minimum Gasteiger partial charge on any atom is -0.334 e. The van der Waals surface area contributed by atoms with Gasteiger partial charge in [-0.2, -0.15) is 0 Å². The second-order valence-electron chi connectivity index (χ2n) is 4.66. The Morgan fingerprint density at radius 2 is 2.30 bits per heavy atom. The topological polar surface area (TPSA) is 75.5 Å². The summed E-state index contributed by atoms with van der Waals surface area (Å²) in [6.07, 6.45) is 1.95. The predicted octanol–water partition coefficient (Wildman–Crippen LogP) is 1.84. The summed E-state index contributed by atoms with van der Waals surface area (Å²) in [5.41, 5.74) is 0.340. The van der Waals surface area contributed by atoms with Gasteiger partial charge in [0.1, 0.15) is 0 Å². The number of nitrogens with one attached hydrogen (secondary N) is 1. The number of nitro benzene ring substituents is 1. The van der Waals surface area contributed by atoms with Gasteiger partial charge >= 0.3 is 0 Å². The smallest absolute Gasteiger partial charge is 0.270 e. The molecule has 1 N–H and O–H groups in total. The molecule has 1 saturated heterocycles. The van der Waals surface area contributed by atoms with E-state index in [1.54, 1.807) is 17.0 Å². The lowest BCUT2D eigenvalue weighted by Gasteiger charge is -2.24. The van der Waals surface area contributed by atoms with Crippen LogP contribution in [-0.4, -0.2) is 41.9 Å². The molecule has 0 saturated carbocycles. The molecule has 1 unspecified atom stereocenters. The lowest BCUT2D eigenvalue weighted by molar-refractivity contribution is -0.384. The van der Waals surface area contributed by atoms with Crippen LogP contribution in [0, 0.1) is 10.1 Å². The highest BCUT2D eigenvalue weighted by molar-refractivity contribution is 5.95. The summed E-state index contributed by atoms with van der Waals surface area (Å²) in [5, 5.41) is 13.8. The maximum absolute atomic E-state index is 12.4. The molecular weight excluding hydrogens is 282 g/mol. The highest BCUT2D eigenvalue weighted by atomic mass is 35.5. The van der Waals surface area contributed by atoms with Gasteiger partial charge in [0.2, 0.25) is 0 Å². The Morgan fingerprint density at radius 1 is 1.55 bits per heavy atom. The van der Waals surface area contributed by atoms with Crippen LogP contribution in [0.1, 0.15) is 23.2 Å². The van der Waals surface area contributed by atoms with Crippen LogP contribution in [-0.2, 0) is 0 Å². The van der Waals surface area contributed by atoms with Gasteiger partial charge in [0.05, 0.1) is 4.92 Å². The monoisotopic (exact) mass is 299 g/mol. The number of amides is 1. The van der Waals surface area contributed by atoms with Gasteiger partial charge < -0.3 is 10.2 Å². The number of nitro groups is 1. The molecule has 1 aromatic rings. The summed E-state index contributed by atoms with van der Waals surface area (Å²) < 4.78 is 0. The summed E-state index contributed by atoms with van der Waals surface area (Å²) in [5.74, 6) is -0.124. The molecule has 1 amide bonds. The number of rotatable bonds is 4. The van der Waals surface area contributed by atoms with E-state index in [4.69, 9.17) is 0 Å². The number of halogens is 1. The van der Waals surface area contributed by atoms with Crippen molar-refractivity contribution in [1.29, 1.82) is 0 Å². The largest absolute Gasteiger partial charge is 0.334 e. The average Bonchev–Trinajstić information content (AvgIpc) is 2.86. The van der Waals surface area contributed by atoms with E-state index in [9.17, 15) is 14.9 Å². The number of hydrogen-bond acceptors (Lipinski definition) is 4. The fraction of sp³-hybridized carbons (Fsp3) is 0.462. The molecule has 1 heterocycles. The number of carbonyl (C=O) groups is 1. The van der Waals surface area contributed by atoms with Crippen LogP contribution in [0.15, 0.2) is 24.3 Å². The van der Waals surface area contributed by atoms with Crippen molar-refractivity contribution >= 4 is 24.0 Å². The normalized spacial score (nSPS) is 17.6. The fourth-order valence-corrected chi connectivity index (χ4v) is 2.47. The van der Waals surface area contributed by atoms with Crippen LogP contribution in [0.5, 0.6) is 0 Å². The van der Waals surface area contributed by atoms with E-state index >= 15 is 0 Å². The molecule has 2 rings (SSSR count). The van der Waals surface area contributed by atoms with Crippen molar-refractivity contribution in [3.63, 3.8) is 0 Å². The molecule has 0 aromatic heterocycles. The molecule has 110 valence electrons. The van der Waals surface area contributed by atoms with Gasteiger partial charge in [-0.1, -0.05) is 6.07 Å². The Morgan fingerprint density at radius 3 is 2.95 bits per heavy atom. The van der Waals surface area contributed by atoms with Gasteiger partial charge in [0.15, 0.2) is 0 Å². The van der Waals surface area contributed by atoms with Crippen LogP contribution in [0.3, 0.4) is 0 Å². The summed E-state index contributed by atoms with van der Waals surface area (Å²) in [6, 6.07) is 6.10. The number of hydrogen-bond donors (Lipinski definition) is 1. The van der Waals surface area contributed by atoms with E-state index in [0.29, 0.717) is 12.1 Å². The maximum atomic E-state index is 12.4. The molecule has 0 radical (unpaired) electrons. The standard InChI is InChI=1S/C13H17N3O3.ClH/c1-14-9-12-6-3-7-15(12)13(17)10-4-2-5-11(8-10)16(18)19;/h2,4-5,8,12,14H,3,6-7,9H2,1H3;1H. The van der Waals surface area contributed by atoms with E-state index in [2.05, 4.69) is 5.32 Å². The first-order chi connectivity index (χ1) is 9.13.